The van der Waals surface area contributed by atoms with Gasteiger partial charge in [0.15, 0.2) is 0 Å². The summed E-state index contributed by atoms with van der Waals surface area (Å²) in [5.74, 6) is 0. The lowest BCUT2D eigenvalue weighted by molar-refractivity contribution is 0.0916. The van der Waals surface area contributed by atoms with Crippen molar-refractivity contribution in [1.82, 2.24) is 9.80 Å². The minimum atomic E-state index is 0.361. The van der Waals surface area contributed by atoms with Crippen LogP contribution in [0.2, 0.25) is 0 Å². The lowest BCUT2D eigenvalue weighted by atomic mass is 9.73. The van der Waals surface area contributed by atoms with Gasteiger partial charge in [-0.25, -0.2) is 0 Å². The van der Waals surface area contributed by atoms with Gasteiger partial charge in [-0.1, -0.05) is 13.8 Å². The van der Waals surface area contributed by atoms with Gasteiger partial charge in [-0.2, -0.15) is 0 Å². The number of nitrogens with zero attached hydrogens (tertiary/aromatic N) is 2. The van der Waals surface area contributed by atoms with Crippen molar-refractivity contribution >= 4 is 0 Å². The average Bonchev–Trinajstić information content (AvgIpc) is 2.18. The zero-order valence-electron chi connectivity index (χ0n) is 11.7. The van der Waals surface area contributed by atoms with E-state index in [9.17, 15) is 0 Å². The van der Waals surface area contributed by atoms with Crippen LogP contribution >= 0.6 is 0 Å². The monoisotopic (exact) mass is 227 g/mol. The van der Waals surface area contributed by atoms with E-state index in [4.69, 9.17) is 5.73 Å². The van der Waals surface area contributed by atoms with Crippen molar-refractivity contribution in [1.29, 1.82) is 0 Å². The molecule has 1 aliphatic rings. The Labute approximate surface area is 101 Å². The fraction of sp³-hybridized carbons (Fsp3) is 1.00. The number of hydrogen-bond acceptors (Lipinski definition) is 3. The summed E-state index contributed by atoms with van der Waals surface area (Å²) in [6.45, 7) is 6.96. The van der Waals surface area contributed by atoms with Crippen LogP contribution in [0.5, 0.6) is 0 Å². The van der Waals surface area contributed by atoms with Crippen LogP contribution in [-0.4, -0.2) is 56.1 Å². The summed E-state index contributed by atoms with van der Waals surface area (Å²) in [7, 11) is 6.46. The van der Waals surface area contributed by atoms with E-state index in [0.29, 0.717) is 17.5 Å². The van der Waals surface area contributed by atoms with Gasteiger partial charge in [0.2, 0.25) is 0 Å². The Bertz CT molecular complexity index is 213. The van der Waals surface area contributed by atoms with E-state index < -0.39 is 0 Å². The van der Waals surface area contributed by atoms with E-state index in [-0.39, 0.29) is 0 Å². The molecular formula is C13H29N3. The van der Waals surface area contributed by atoms with Crippen LogP contribution < -0.4 is 5.73 Å². The second-order valence-corrected chi connectivity index (χ2v) is 6.42. The van der Waals surface area contributed by atoms with E-state index in [1.54, 1.807) is 0 Å². The maximum Gasteiger partial charge on any atom is 0.0249 e. The topological polar surface area (TPSA) is 32.5 Å². The zero-order valence-corrected chi connectivity index (χ0v) is 11.7. The third-order valence-electron chi connectivity index (χ3n) is 3.88. The molecule has 1 fully saturated rings. The maximum absolute atomic E-state index is 6.25. The van der Waals surface area contributed by atoms with E-state index in [1.165, 1.54) is 19.3 Å². The fourth-order valence-corrected chi connectivity index (χ4v) is 2.58. The highest BCUT2D eigenvalue weighted by molar-refractivity contribution is 4.92. The standard InChI is InChI=1S/C13H29N3/c1-13(2)7-6-11(14)12(10-13)16(5)9-8-15(3)4/h11-12H,6-10,14H2,1-5H3. The maximum atomic E-state index is 6.25. The Morgan fingerprint density at radius 3 is 2.38 bits per heavy atom. The van der Waals surface area contributed by atoms with Crippen LogP contribution in [0.3, 0.4) is 0 Å². The first-order chi connectivity index (χ1) is 7.32. The molecule has 2 N–H and O–H groups in total. The zero-order chi connectivity index (χ0) is 12.3. The lowest BCUT2D eigenvalue weighted by Gasteiger charge is -2.43. The summed E-state index contributed by atoms with van der Waals surface area (Å²) in [5.41, 5.74) is 6.72. The normalized spacial score (nSPS) is 30.0. The van der Waals surface area contributed by atoms with Crippen molar-refractivity contribution in [2.45, 2.75) is 45.2 Å². The van der Waals surface area contributed by atoms with Crippen LogP contribution in [0, 0.1) is 5.41 Å². The van der Waals surface area contributed by atoms with Gasteiger partial charge in [0.05, 0.1) is 0 Å². The van der Waals surface area contributed by atoms with E-state index in [2.05, 4.69) is 44.8 Å². The molecular weight excluding hydrogens is 198 g/mol. The van der Waals surface area contributed by atoms with Crippen molar-refractivity contribution in [3.8, 4) is 0 Å². The van der Waals surface area contributed by atoms with Gasteiger partial charge in [-0.3, -0.25) is 0 Å². The first-order valence-corrected chi connectivity index (χ1v) is 6.42. The predicted octanol–water partition coefficient (Wildman–Crippen LogP) is 1.39. The fourth-order valence-electron chi connectivity index (χ4n) is 2.58. The molecule has 0 amide bonds. The molecule has 0 spiro atoms. The minimum Gasteiger partial charge on any atom is -0.326 e. The smallest absolute Gasteiger partial charge is 0.0249 e. The minimum absolute atomic E-state index is 0.361. The molecule has 0 bridgehead atoms. The average molecular weight is 227 g/mol. The van der Waals surface area contributed by atoms with Crippen molar-refractivity contribution in [2.24, 2.45) is 11.1 Å². The van der Waals surface area contributed by atoms with Crippen molar-refractivity contribution < 1.29 is 0 Å². The molecule has 1 aliphatic carbocycles. The lowest BCUT2D eigenvalue weighted by Crippen LogP contribution is -2.52. The van der Waals surface area contributed by atoms with Crippen molar-refractivity contribution in [2.75, 3.05) is 34.2 Å². The number of rotatable bonds is 4. The number of likely N-dealkylation sites (N-methyl/N-ethyl adjacent to an activating group) is 2. The van der Waals surface area contributed by atoms with Gasteiger partial charge in [-0.05, 0) is 45.8 Å². The molecule has 16 heavy (non-hydrogen) atoms. The second kappa shape index (κ2) is 5.48. The highest BCUT2D eigenvalue weighted by Crippen LogP contribution is 2.36. The SMILES string of the molecule is CN(C)CCN(C)C1CC(C)(C)CCC1N. The molecule has 1 saturated carbocycles. The summed E-state index contributed by atoms with van der Waals surface area (Å²) < 4.78 is 0. The third kappa shape index (κ3) is 4.04. The Kier molecular flexibility index (Phi) is 4.77. The molecule has 3 nitrogen and oxygen atoms in total. The van der Waals surface area contributed by atoms with Gasteiger partial charge in [0, 0.05) is 25.2 Å². The first kappa shape index (κ1) is 13.9. The highest BCUT2D eigenvalue weighted by Gasteiger charge is 2.34. The van der Waals surface area contributed by atoms with E-state index in [0.717, 1.165) is 13.1 Å². The molecule has 96 valence electrons. The summed E-state index contributed by atoms with van der Waals surface area (Å²) in [4.78, 5) is 4.68. The highest BCUT2D eigenvalue weighted by atomic mass is 15.2. The molecule has 0 aromatic carbocycles. The third-order valence-corrected chi connectivity index (χ3v) is 3.88. The van der Waals surface area contributed by atoms with Gasteiger partial charge in [-0.15, -0.1) is 0 Å². The summed E-state index contributed by atoms with van der Waals surface area (Å²) >= 11 is 0. The molecule has 0 aromatic heterocycles. The Hall–Kier alpha value is -0.120. The molecule has 0 heterocycles. The predicted molar refractivity (Wildman–Crippen MR) is 70.6 cm³/mol. The molecule has 3 heteroatoms. The first-order valence-electron chi connectivity index (χ1n) is 6.42. The van der Waals surface area contributed by atoms with Crippen molar-refractivity contribution in [3.63, 3.8) is 0 Å². The Morgan fingerprint density at radius 1 is 1.19 bits per heavy atom. The number of nitrogens with two attached hydrogens (primary N) is 1. The molecule has 1 rings (SSSR count). The largest absolute Gasteiger partial charge is 0.326 e. The van der Waals surface area contributed by atoms with E-state index in [1.807, 2.05) is 0 Å². The van der Waals surface area contributed by atoms with Crippen LogP contribution in [0.15, 0.2) is 0 Å². The molecule has 0 aromatic rings. The molecule has 0 aliphatic heterocycles. The van der Waals surface area contributed by atoms with Crippen LogP contribution in [0.25, 0.3) is 0 Å². The Balaban J connectivity index is 2.49. The number of hydrogen-bond donors (Lipinski definition) is 1. The molecule has 0 saturated heterocycles. The second-order valence-electron chi connectivity index (χ2n) is 6.42. The van der Waals surface area contributed by atoms with Gasteiger partial charge in [0.25, 0.3) is 0 Å². The van der Waals surface area contributed by atoms with Crippen LogP contribution in [0.1, 0.15) is 33.1 Å². The van der Waals surface area contributed by atoms with Gasteiger partial charge < -0.3 is 15.5 Å². The van der Waals surface area contributed by atoms with Gasteiger partial charge in [0.1, 0.15) is 0 Å². The van der Waals surface area contributed by atoms with Crippen LogP contribution in [0.4, 0.5) is 0 Å². The molecule has 2 unspecified atom stereocenters. The van der Waals surface area contributed by atoms with Crippen LogP contribution in [-0.2, 0) is 0 Å². The van der Waals surface area contributed by atoms with Gasteiger partial charge >= 0.3 is 0 Å². The molecule has 0 radical (unpaired) electrons. The summed E-state index contributed by atoms with van der Waals surface area (Å²) in [6.07, 6.45) is 3.67. The quantitative estimate of drug-likeness (QED) is 0.788. The Morgan fingerprint density at radius 2 is 1.81 bits per heavy atom. The molecule has 2 atom stereocenters. The summed E-state index contributed by atoms with van der Waals surface area (Å²) in [6, 6.07) is 0.920. The van der Waals surface area contributed by atoms with Crippen molar-refractivity contribution in [3.05, 3.63) is 0 Å². The summed E-state index contributed by atoms with van der Waals surface area (Å²) in [5, 5.41) is 0. The van der Waals surface area contributed by atoms with E-state index >= 15 is 0 Å².